The van der Waals surface area contributed by atoms with E-state index in [0.29, 0.717) is 36.0 Å². The van der Waals surface area contributed by atoms with E-state index in [1.54, 1.807) is 54.5 Å². The standard InChI is InChI=1S/C21H22N4O4/c1-3-11-29-21(27)23-16-6-4-5-15(12-16)13-18-19(26)9-10-25(24-18)17-7-8-20(28-2)22-14-17/h4-10,12,14H,3,11,13H2,1-2H3,(H,23,27). The van der Waals surface area contributed by atoms with Crippen LogP contribution in [0.4, 0.5) is 10.5 Å². The number of amides is 1. The van der Waals surface area contributed by atoms with Gasteiger partial charge in [0.05, 0.1) is 25.6 Å². The van der Waals surface area contributed by atoms with E-state index in [4.69, 9.17) is 9.47 Å². The largest absolute Gasteiger partial charge is 0.481 e. The van der Waals surface area contributed by atoms with Gasteiger partial charge in [0.25, 0.3) is 0 Å². The van der Waals surface area contributed by atoms with Crippen LogP contribution < -0.4 is 15.5 Å². The van der Waals surface area contributed by atoms with Crippen molar-refractivity contribution in [3.05, 3.63) is 76.3 Å². The average molecular weight is 394 g/mol. The second-order valence-electron chi connectivity index (χ2n) is 6.27. The van der Waals surface area contributed by atoms with Crippen molar-refractivity contribution in [1.29, 1.82) is 0 Å². The van der Waals surface area contributed by atoms with Crippen molar-refractivity contribution in [1.82, 2.24) is 14.8 Å². The maximum Gasteiger partial charge on any atom is 0.411 e. The third-order valence-electron chi connectivity index (χ3n) is 4.06. The average Bonchev–Trinajstić information content (AvgIpc) is 2.74. The third-order valence-corrected chi connectivity index (χ3v) is 4.06. The Morgan fingerprint density at radius 3 is 2.79 bits per heavy atom. The Kier molecular flexibility index (Phi) is 6.57. The van der Waals surface area contributed by atoms with Crippen LogP contribution in [0.1, 0.15) is 24.6 Å². The summed E-state index contributed by atoms with van der Waals surface area (Å²) in [4.78, 5) is 28.2. The zero-order valence-corrected chi connectivity index (χ0v) is 16.3. The summed E-state index contributed by atoms with van der Waals surface area (Å²) in [7, 11) is 1.55. The summed E-state index contributed by atoms with van der Waals surface area (Å²) < 4.78 is 11.7. The summed E-state index contributed by atoms with van der Waals surface area (Å²) in [5.74, 6) is 0.497. The summed E-state index contributed by atoms with van der Waals surface area (Å²) >= 11 is 0. The SMILES string of the molecule is CCCOC(=O)Nc1cccc(Cc2nn(-c3ccc(OC)nc3)ccc2=O)c1. The van der Waals surface area contributed by atoms with Gasteiger partial charge in [0.2, 0.25) is 11.3 Å². The number of anilines is 1. The first-order valence-corrected chi connectivity index (χ1v) is 9.21. The first-order valence-electron chi connectivity index (χ1n) is 9.21. The van der Waals surface area contributed by atoms with Crippen LogP contribution in [0.2, 0.25) is 0 Å². The Bertz CT molecular complexity index is 1030. The van der Waals surface area contributed by atoms with E-state index >= 15 is 0 Å². The second-order valence-corrected chi connectivity index (χ2v) is 6.27. The van der Waals surface area contributed by atoms with E-state index in [1.165, 1.54) is 6.07 Å². The molecule has 3 rings (SSSR count). The number of aromatic nitrogens is 3. The number of hydrogen-bond acceptors (Lipinski definition) is 6. The lowest BCUT2D eigenvalue weighted by molar-refractivity contribution is 0.161. The molecule has 0 radical (unpaired) electrons. The molecule has 2 heterocycles. The lowest BCUT2D eigenvalue weighted by atomic mass is 10.1. The number of carbonyl (C=O) groups is 1. The second kappa shape index (κ2) is 9.50. The molecule has 0 spiro atoms. The van der Waals surface area contributed by atoms with E-state index in [1.807, 2.05) is 13.0 Å². The van der Waals surface area contributed by atoms with Gasteiger partial charge in [0.1, 0.15) is 5.69 Å². The summed E-state index contributed by atoms with van der Waals surface area (Å²) in [6, 6.07) is 12.2. The van der Waals surface area contributed by atoms with E-state index in [2.05, 4.69) is 15.4 Å². The van der Waals surface area contributed by atoms with Gasteiger partial charge in [-0.3, -0.25) is 10.1 Å². The molecule has 0 atom stereocenters. The number of nitrogens with zero attached hydrogens (tertiary/aromatic N) is 3. The number of benzene rings is 1. The molecule has 0 bridgehead atoms. The van der Waals surface area contributed by atoms with Crippen LogP contribution >= 0.6 is 0 Å². The van der Waals surface area contributed by atoms with Crippen LogP contribution in [0, 0.1) is 0 Å². The maximum atomic E-state index is 12.3. The van der Waals surface area contributed by atoms with Gasteiger partial charge in [0, 0.05) is 30.4 Å². The van der Waals surface area contributed by atoms with Crippen molar-refractivity contribution in [2.24, 2.45) is 0 Å². The summed E-state index contributed by atoms with van der Waals surface area (Å²) in [6.45, 7) is 2.29. The van der Waals surface area contributed by atoms with E-state index < -0.39 is 6.09 Å². The monoisotopic (exact) mass is 394 g/mol. The Balaban J connectivity index is 1.78. The normalized spacial score (nSPS) is 10.4. The van der Waals surface area contributed by atoms with Crippen molar-refractivity contribution in [3.8, 4) is 11.6 Å². The molecule has 29 heavy (non-hydrogen) atoms. The first kappa shape index (κ1) is 20.1. The van der Waals surface area contributed by atoms with Gasteiger partial charge in [-0.05, 0) is 30.2 Å². The Morgan fingerprint density at radius 1 is 1.21 bits per heavy atom. The van der Waals surface area contributed by atoms with Gasteiger partial charge in [-0.1, -0.05) is 19.1 Å². The van der Waals surface area contributed by atoms with Gasteiger partial charge in [-0.2, -0.15) is 5.10 Å². The highest BCUT2D eigenvalue weighted by Crippen LogP contribution is 2.14. The number of methoxy groups -OCH3 is 1. The molecular formula is C21H22N4O4. The molecule has 1 amide bonds. The quantitative estimate of drug-likeness (QED) is 0.661. The van der Waals surface area contributed by atoms with Crippen LogP contribution in [0.5, 0.6) is 5.88 Å². The minimum atomic E-state index is -0.504. The van der Waals surface area contributed by atoms with Gasteiger partial charge < -0.3 is 9.47 Å². The van der Waals surface area contributed by atoms with Crippen molar-refractivity contribution >= 4 is 11.8 Å². The molecule has 0 aliphatic rings. The van der Waals surface area contributed by atoms with E-state index in [-0.39, 0.29) is 5.43 Å². The highest BCUT2D eigenvalue weighted by molar-refractivity contribution is 5.84. The number of rotatable bonds is 7. The molecule has 0 aliphatic heterocycles. The van der Waals surface area contributed by atoms with Crippen LogP contribution in [0.3, 0.4) is 0 Å². The van der Waals surface area contributed by atoms with E-state index in [0.717, 1.165) is 12.0 Å². The smallest absolute Gasteiger partial charge is 0.411 e. The van der Waals surface area contributed by atoms with Crippen LogP contribution in [0.25, 0.3) is 5.69 Å². The number of hydrogen-bond donors (Lipinski definition) is 1. The molecule has 1 aromatic carbocycles. The van der Waals surface area contributed by atoms with Gasteiger partial charge in [-0.15, -0.1) is 0 Å². The maximum absolute atomic E-state index is 12.3. The summed E-state index contributed by atoms with van der Waals surface area (Å²) in [6.07, 6.45) is 3.78. The fourth-order valence-electron chi connectivity index (χ4n) is 2.64. The van der Waals surface area contributed by atoms with Gasteiger partial charge >= 0.3 is 6.09 Å². The molecule has 0 saturated carbocycles. The zero-order valence-electron chi connectivity index (χ0n) is 16.3. The lowest BCUT2D eigenvalue weighted by Gasteiger charge is -2.09. The highest BCUT2D eigenvalue weighted by atomic mass is 16.5. The lowest BCUT2D eigenvalue weighted by Crippen LogP contribution is -2.17. The Hall–Kier alpha value is -3.68. The van der Waals surface area contributed by atoms with Crippen LogP contribution in [0.15, 0.2) is 59.7 Å². The fraction of sp³-hybridized carbons (Fsp3) is 0.238. The van der Waals surface area contributed by atoms with Crippen molar-refractivity contribution in [3.63, 3.8) is 0 Å². The molecule has 3 aromatic rings. The van der Waals surface area contributed by atoms with Gasteiger partial charge in [0.15, 0.2) is 0 Å². The molecule has 0 aliphatic carbocycles. The molecule has 8 heteroatoms. The summed E-state index contributed by atoms with van der Waals surface area (Å²) in [5, 5.41) is 7.12. The van der Waals surface area contributed by atoms with Crippen molar-refractivity contribution < 1.29 is 14.3 Å². The molecule has 0 saturated heterocycles. The molecule has 0 fully saturated rings. The molecule has 0 unspecified atom stereocenters. The van der Waals surface area contributed by atoms with Crippen molar-refractivity contribution in [2.45, 2.75) is 19.8 Å². The summed E-state index contributed by atoms with van der Waals surface area (Å²) in [5.41, 5.74) is 2.37. The molecule has 1 N–H and O–H groups in total. The highest BCUT2D eigenvalue weighted by Gasteiger charge is 2.08. The Morgan fingerprint density at radius 2 is 2.07 bits per heavy atom. The number of nitrogens with one attached hydrogen (secondary N) is 1. The zero-order chi connectivity index (χ0) is 20.6. The van der Waals surface area contributed by atoms with E-state index in [9.17, 15) is 9.59 Å². The third kappa shape index (κ3) is 5.41. The number of carbonyl (C=O) groups excluding carboxylic acids is 1. The Labute approximate surface area is 168 Å². The minimum Gasteiger partial charge on any atom is -0.481 e. The van der Waals surface area contributed by atoms with Gasteiger partial charge in [-0.25, -0.2) is 14.5 Å². The predicted molar refractivity (Wildman–Crippen MR) is 109 cm³/mol. The minimum absolute atomic E-state index is 0.163. The fourth-order valence-corrected chi connectivity index (χ4v) is 2.64. The molecule has 150 valence electrons. The number of pyridine rings is 1. The predicted octanol–water partition coefficient (Wildman–Crippen LogP) is 3.19. The van der Waals surface area contributed by atoms with Crippen LogP contribution in [-0.2, 0) is 11.2 Å². The molecule has 2 aromatic heterocycles. The first-order chi connectivity index (χ1) is 14.1. The van der Waals surface area contributed by atoms with Crippen LogP contribution in [-0.4, -0.2) is 34.6 Å². The van der Waals surface area contributed by atoms with Crippen molar-refractivity contribution in [2.75, 3.05) is 19.0 Å². The topological polar surface area (TPSA) is 95.3 Å². The number of ether oxygens (including phenoxy) is 2. The molecule has 8 nitrogen and oxygen atoms in total. The molecular weight excluding hydrogens is 372 g/mol.